The first-order valence-electron chi connectivity index (χ1n) is 7.78. The molecule has 0 aliphatic carbocycles. The van der Waals surface area contributed by atoms with Crippen molar-refractivity contribution < 1.29 is 28.2 Å². The van der Waals surface area contributed by atoms with Gasteiger partial charge in [0.1, 0.15) is 16.9 Å². The minimum absolute atomic E-state index is 0.360. The van der Waals surface area contributed by atoms with Crippen LogP contribution in [0.3, 0.4) is 0 Å². The predicted octanol–water partition coefficient (Wildman–Crippen LogP) is 2.50. The zero-order valence-electron chi connectivity index (χ0n) is 14.3. The Bertz CT molecular complexity index is 909. The summed E-state index contributed by atoms with van der Waals surface area (Å²) in [6, 6.07) is 6.25. The van der Waals surface area contributed by atoms with Crippen molar-refractivity contribution in [1.82, 2.24) is 0 Å². The molecule has 25 heavy (non-hydrogen) atoms. The van der Waals surface area contributed by atoms with E-state index in [1.54, 1.807) is 32.0 Å². The van der Waals surface area contributed by atoms with Gasteiger partial charge in [0.05, 0.1) is 0 Å². The van der Waals surface area contributed by atoms with E-state index in [0.717, 1.165) is 0 Å². The molecule has 2 aromatic rings. The summed E-state index contributed by atoms with van der Waals surface area (Å²) in [6.45, 7) is 5.96. The van der Waals surface area contributed by atoms with E-state index in [2.05, 4.69) is 0 Å². The van der Waals surface area contributed by atoms with E-state index in [-0.39, 0.29) is 0 Å². The molecule has 0 saturated heterocycles. The summed E-state index contributed by atoms with van der Waals surface area (Å²) < 4.78 is 21.9. The van der Waals surface area contributed by atoms with Crippen LogP contribution < -0.4 is 10.4 Å². The fourth-order valence-electron chi connectivity index (χ4n) is 3.04. The molecule has 1 aromatic carbocycles. The lowest BCUT2D eigenvalue weighted by Crippen LogP contribution is -2.46. The van der Waals surface area contributed by atoms with E-state index in [4.69, 9.17) is 18.6 Å². The van der Waals surface area contributed by atoms with E-state index in [1.807, 2.05) is 0 Å². The highest BCUT2D eigenvalue weighted by Crippen LogP contribution is 2.45. The summed E-state index contributed by atoms with van der Waals surface area (Å²) in [5.74, 6) is -0.537. The van der Waals surface area contributed by atoms with Gasteiger partial charge in [0, 0.05) is 36.9 Å². The van der Waals surface area contributed by atoms with E-state index in [1.165, 1.54) is 19.9 Å². The van der Waals surface area contributed by atoms with Crippen LogP contribution in [-0.2, 0) is 19.1 Å². The Morgan fingerprint density at radius 2 is 1.84 bits per heavy atom. The van der Waals surface area contributed by atoms with Crippen LogP contribution >= 0.6 is 0 Å². The summed E-state index contributed by atoms with van der Waals surface area (Å²) >= 11 is 0. The standard InChI is InChI=1S/C18H18O7/c1-9(19)22-16-12-7-11-5-6-15(21)23-13(11)8-14(12)24-17(16)18(3,4)25-10(2)20/h5-8,16-17H,1-4H3. The van der Waals surface area contributed by atoms with Crippen LogP contribution in [0, 0.1) is 0 Å². The smallest absolute Gasteiger partial charge is 0.336 e. The summed E-state index contributed by atoms with van der Waals surface area (Å²) in [5.41, 5.74) is -0.530. The minimum atomic E-state index is -1.04. The first-order valence-corrected chi connectivity index (χ1v) is 7.78. The molecule has 132 valence electrons. The molecule has 0 bridgehead atoms. The van der Waals surface area contributed by atoms with E-state index < -0.39 is 35.4 Å². The lowest BCUT2D eigenvalue weighted by molar-refractivity contribution is -0.174. The monoisotopic (exact) mass is 346 g/mol. The summed E-state index contributed by atoms with van der Waals surface area (Å²) in [6.07, 6.45) is -1.49. The molecule has 7 nitrogen and oxygen atoms in total. The molecule has 2 atom stereocenters. The number of esters is 2. The largest absolute Gasteiger partial charge is 0.481 e. The van der Waals surface area contributed by atoms with Crippen molar-refractivity contribution >= 4 is 22.9 Å². The molecular formula is C18H18O7. The molecular weight excluding hydrogens is 328 g/mol. The molecule has 2 unspecified atom stereocenters. The maximum absolute atomic E-state index is 11.6. The molecule has 0 saturated carbocycles. The minimum Gasteiger partial charge on any atom is -0.481 e. The molecule has 1 aromatic heterocycles. The van der Waals surface area contributed by atoms with Crippen LogP contribution in [0.25, 0.3) is 11.0 Å². The van der Waals surface area contributed by atoms with Gasteiger partial charge in [-0.05, 0) is 26.0 Å². The highest BCUT2D eigenvalue weighted by molar-refractivity contribution is 5.80. The van der Waals surface area contributed by atoms with Crippen LogP contribution in [-0.4, -0.2) is 23.6 Å². The van der Waals surface area contributed by atoms with Gasteiger partial charge < -0.3 is 18.6 Å². The SMILES string of the molecule is CC(=O)OC1c2cc3ccc(=O)oc3cc2OC1C(C)(C)OC(C)=O. The number of carbonyl (C=O) groups is 2. The van der Waals surface area contributed by atoms with Crippen LogP contribution in [0.15, 0.2) is 33.5 Å². The third-order valence-corrected chi connectivity index (χ3v) is 3.97. The van der Waals surface area contributed by atoms with Crippen molar-refractivity contribution in [3.8, 4) is 5.75 Å². The predicted molar refractivity (Wildman–Crippen MR) is 87.3 cm³/mol. The normalized spacial score (nSPS) is 19.2. The van der Waals surface area contributed by atoms with E-state index in [0.29, 0.717) is 22.3 Å². The first kappa shape index (κ1) is 17.0. The van der Waals surface area contributed by atoms with Crippen LogP contribution in [0.4, 0.5) is 0 Å². The summed E-state index contributed by atoms with van der Waals surface area (Å²) in [4.78, 5) is 34.4. The average Bonchev–Trinajstić information content (AvgIpc) is 2.81. The fourth-order valence-corrected chi connectivity index (χ4v) is 3.04. The Hall–Kier alpha value is -2.83. The van der Waals surface area contributed by atoms with E-state index in [9.17, 15) is 14.4 Å². The molecule has 3 rings (SSSR count). The van der Waals surface area contributed by atoms with Gasteiger partial charge in [0.15, 0.2) is 12.2 Å². The third kappa shape index (κ3) is 3.22. The van der Waals surface area contributed by atoms with Gasteiger partial charge in [-0.3, -0.25) is 9.59 Å². The van der Waals surface area contributed by atoms with Crippen molar-refractivity contribution in [2.45, 2.75) is 45.5 Å². The fraction of sp³-hybridized carbons (Fsp3) is 0.389. The number of hydrogen-bond acceptors (Lipinski definition) is 7. The lowest BCUT2D eigenvalue weighted by Gasteiger charge is -2.33. The van der Waals surface area contributed by atoms with Crippen molar-refractivity contribution in [3.63, 3.8) is 0 Å². The zero-order chi connectivity index (χ0) is 18.4. The van der Waals surface area contributed by atoms with Gasteiger partial charge >= 0.3 is 17.6 Å². The molecule has 0 radical (unpaired) electrons. The summed E-state index contributed by atoms with van der Waals surface area (Å²) in [5, 5.41) is 0.671. The van der Waals surface area contributed by atoms with Gasteiger partial charge in [-0.25, -0.2) is 4.79 Å². The molecule has 0 spiro atoms. The van der Waals surface area contributed by atoms with Crippen molar-refractivity contribution in [2.24, 2.45) is 0 Å². The second-order valence-corrected chi connectivity index (χ2v) is 6.45. The molecule has 2 heterocycles. The number of hydrogen-bond donors (Lipinski definition) is 0. The van der Waals surface area contributed by atoms with Gasteiger partial charge in [-0.2, -0.15) is 0 Å². The van der Waals surface area contributed by atoms with Gasteiger partial charge in [-0.15, -0.1) is 0 Å². The Morgan fingerprint density at radius 1 is 1.12 bits per heavy atom. The van der Waals surface area contributed by atoms with Gasteiger partial charge in [-0.1, -0.05) is 0 Å². The number of ether oxygens (including phenoxy) is 3. The highest BCUT2D eigenvalue weighted by Gasteiger charge is 2.48. The van der Waals surface area contributed by atoms with Crippen LogP contribution in [0.5, 0.6) is 5.75 Å². The highest BCUT2D eigenvalue weighted by atomic mass is 16.6. The van der Waals surface area contributed by atoms with Gasteiger partial charge in [0.2, 0.25) is 0 Å². The van der Waals surface area contributed by atoms with Crippen molar-refractivity contribution in [1.29, 1.82) is 0 Å². The second-order valence-electron chi connectivity index (χ2n) is 6.45. The summed E-state index contributed by atoms with van der Waals surface area (Å²) in [7, 11) is 0. The topological polar surface area (TPSA) is 92.0 Å². The number of fused-ring (bicyclic) bond motifs is 2. The maximum Gasteiger partial charge on any atom is 0.336 e. The lowest BCUT2D eigenvalue weighted by atomic mass is 9.93. The van der Waals surface area contributed by atoms with Crippen LogP contribution in [0.1, 0.15) is 39.4 Å². The molecule has 0 amide bonds. The Morgan fingerprint density at radius 3 is 2.48 bits per heavy atom. The quantitative estimate of drug-likeness (QED) is 0.623. The van der Waals surface area contributed by atoms with Gasteiger partial charge in [0.25, 0.3) is 0 Å². The van der Waals surface area contributed by atoms with E-state index >= 15 is 0 Å². The Balaban J connectivity index is 2.09. The van der Waals surface area contributed by atoms with Crippen molar-refractivity contribution in [2.75, 3.05) is 0 Å². The third-order valence-electron chi connectivity index (χ3n) is 3.97. The Kier molecular flexibility index (Phi) is 4.02. The molecule has 1 aliphatic rings. The number of benzene rings is 1. The average molecular weight is 346 g/mol. The molecule has 0 N–H and O–H groups in total. The van der Waals surface area contributed by atoms with Crippen molar-refractivity contribution in [3.05, 3.63) is 40.2 Å². The zero-order valence-corrected chi connectivity index (χ0v) is 14.3. The number of carbonyl (C=O) groups excluding carboxylic acids is 2. The Labute approximate surface area is 143 Å². The molecule has 7 heteroatoms. The number of rotatable bonds is 3. The molecule has 1 aliphatic heterocycles. The molecule has 0 fully saturated rings. The second kappa shape index (κ2) is 5.91. The van der Waals surface area contributed by atoms with Crippen LogP contribution in [0.2, 0.25) is 0 Å². The first-order chi connectivity index (χ1) is 11.7. The maximum atomic E-state index is 11.6.